The number of rotatable bonds is 3. The van der Waals surface area contributed by atoms with Crippen molar-refractivity contribution in [1.29, 1.82) is 0 Å². The minimum Gasteiger partial charge on any atom is -0.106 e. The monoisotopic (exact) mass is 206 g/mol. The summed E-state index contributed by atoms with van der Waals surface area (Å²) >= 11 is 4.89. The molecule has 0 fully saturated rings. The lowest BCUT2D eigenvalue weighted by molar-refractivity contribution is 1.11. The Balaban J connectivity index is 3.43. The SMILES string of the molecule is CC/C(C)=C/S/C=C/Br. The van der Waals surface area contributed by atoms with E-state index in [1.807, 2.05) is 10.4 Å². The first-order valence-electron chi connectivity index (χ1n) is 2.87. The van der Waals surface area contributed by atoms with Gasteiger partial charge in [-0.05, 0) is 29.1 Å². The van der Waals surface area contributed by atoms with E-state index in [1.165, 1.54) is 5.57 Å². The number of hydrogen-bond acceptors (Lipinski definition) is 1. The number of hydrogen-bond donors (Lipinski definition) is 0. The van der Waals surface area contributed by atoms with Crippen LogP contribution in [-0.4, -0.2) is 0 Å². The van der Waals surface area contributed by atoms with Crippen LogP contribution in [0.25, 0.3) is 0 Å². The molecule has 0 saturated carbocycles. The summed E-state index contributed by atoms with van der Waals surface area (Å²) in [6, 6.07) is 0. The molecule has 0 spiro atoms. The van der Waals surface area contributed by atoms with Crippen LogP contribution in [0, 0.1) is 0 Å². The van der Waals surface area contributed by atoms with Gasteiger partial charge in [-0.15, -0.1) is 11.8 Å². The summed E-state index contributed by atoms with van der Waals surface area (Å²) in [7, 11) is 0. The maximum absolute atomic E-state index is 3.19. The summed E-state index contributed by atoms with van der Waals surface area (Å²) in [5.41, 5.74) is 1.42. The largest absolute Gasteiger partial charge is 0.106 e. The third-order valence-electron chi connectivity index (χ3n) is 0.957. The molecule has 2 heteroatoms. The van der Waals surface area contributed by atoms with E-state index in [4.69, 9.17) is 0 Å². The van der Waals surface area contributed by atoms with Crippen LogP contribution >= 0.6 is 27.7 Å². The van der Waals surface area contributed by atoms with E-state index in [0.717, 1.165) is 6.42 Å². The first-order chi connectivity index (χ1) is 4.31. The second-order valence-electron chi connectivity index (χ2n) is 1.72. The van der Waals surface area contributed by atoms with Crippen molar-refractivity contribution in [1.82, 2.24) is 0 Å². The second-order valence-corrected chi connectivity index (χ2v) is 3.02. The van der Waals surface area contributed by atoms with Crippen molar-refractivity contribution in [2.45, 2.75) is 20.3 Å². The van der Waals surface area contributed by atoms with Crippen LogP contribution < -0.4 is 0 Å². The van der Waals surface area contributed by atoms with Gasteiger partial charge in [0.15, 0.2) is 0 Å². The highest BCUT2D eigenvalue weighted by Gasteiger charge is 1.79. The van der Waals surface area contributed by atoms with E-state index < -0.39 is 0 Å². The summed E-state index contributed by atoms with van der Waals surface area (Å²) in [5, 5.41) is 4.15. The Bertz CT molecular complexity index is 116. The van der Waals surface area contributed by atoms with E-state index in [1.54, 1.807) is 11.8 Å². The Kier molecular flexibility index (Phi) is 6.65. The Hall–Kier alpha value is 0.310. The van der Waals surface area contributed by atoms with Gasteiger partial charge in [0, 0.05) is 0 Å². The van der Waals surface area contributed by atoms with Gasteiger partial charge < -0.3 is 0 Å². The van der Waals surface area contributed by atoms with Gasteiger partial charge in [0.1, 0.15) is 0 Å². The van der Waals surface area contributed by atoms with Gasteiger partial charge in [-0.1, -0.05) is 28.4 Å². The van der Waals surface area contributed by atoms with E-state index in [-0.39, 0.29) is 0 Å². The van der Waals surface area contributed by atoms with Gasteiger partial charge in [0.25, 0.3) is 0 Å². The highest BCUT2D eigenvalue weighted by Crippen LogP contribution is 2.10. The molecule has 0 N–H and O–H groups in total. The lowest BCUT2D eigenvalue weighted by Crippen LogP contribution is -1.64. The van der Waals surface area contributed by atoms with Crippen LogP contribution in [0.3, 0.4) is 0 Å². The molecule has 9 heavy (non-hydrogen) atoms. The normalized spacial score (nSPS) is 13.0. The van der Waals surface area contributed by atoms with Crippen molar-refractivity contribution in [2.24, 2.45) is 0 Å². The van der Waals surface area contributed by atoms with Gasteiger partial charge in [-0.3, -0.25) is 0 Å². The number of thioether (sulfide) groups is 1. The summed E-state index contributed by atoms with van der Waals surface area (Å²) in [6.07, 6.45) is 1.14. The molecule has 0 rings (SSSR count). The molecule has 0 radical (unpaired) electrons. The topological polar surface area (TPSA) is 0 Å². The Morgan fingerprint density at radius 3 is 2.78 bits per heavy atom. The molecule has 0 nitrogen and oxygen atoms in total. The Morgan fingerprint density at radius 1 is 1.67 bits per heavy atom. The zero-order valence-corrected chi connectivity index (χ0v) is 8.13. The average Bonchev–Trinajstić information content (AvgIpc) is 1.89. The number of halogens is 1. The molecule has 0 saturated heterocycles. The van der Waals surface area contributed by atoms with Crippen molar-refractivity contribution >= 4 is 27.7 Å². The lowest BCUT2D eigenvalue weighted by Gasteiger charge is -1.89. The molecule has 0 aromatic heterocycles. The third-order valence-corrected chi connectivity index (χ3v) is 2.40. The van der Waals surface area contributed by atoms with Crippen molar-refractivity contribution < 1.29 is 0 Å². The molecule has 0 aromatic rings. The minimum absolute atomic E-state index is 1.14. The van der Waals surface area contributed by atoms with Crippen LogP contribution in [0.1, 0.15) is 20.3 Å². The first-order valence-corrected chi connectivity index (χ1v) is 4.73. The fraction of sp³-hybridized carbons (Fsp3) is 0.429. The molecule has 0 heterocycles. The van der Waals surface area contributed by atoms with Gasteiger partial charge >= 0.3 is 0 Å². The molecule has 0 aliphatic rings. The predicted octanol–water partition coefficient (Wildman–Crippen LogP) is 3.90. The molecule has 0 amide bonds. The van der Waals surface area contributed by atoms with Gasteiger partial charge in [-0.2, -0.15) is 0 Å². The Labute approximate surface area is 69.5 Å². The second kappa shape index (κ2) is 6.43. The summed E-state index contributed by atoms with van der Waals surface area (Å²) < 4.78 is 0. The van der Waals surface area contributed by atoms with E-state index in [2.05, 4.69) is 35.2 Å². The van der Waals surface area contributed by atoms with E-state index >= 15 is 0 Å². The van der Waals surface area contributed by atoms with Gasteiger partial charge in [0.05, 0.1) is 0 Å². The molecule has 0 aliphatic carbocycles. The molecular weight excluding hydrogens is 196 g/mol. The van der Waals surface area contributed by atoms with Crippen molar-refractivity contribution in [3.8, 4) is 0 Å². The third kappa shape index (κ3) is 6.19. The Morgan fingerprint density at radius 2 is 2.33 bits per heavy atom. The highest BCUT2D eigenvalue weighted by molar-refractivity contribution is 9.11. The van der Waals surface area contributed by atoms with Crippen molar-refractivity contribution in [2.75, 3.05) is 0 Å². The fourth-order valence-electron chi connectivity index (χ4n) is 0.268. The summed E-state index contributed by atoms with van der Waals surface area (Å²) in [4.78, 5) is 1.86. The lowest BCUT2D eigenvalue weighted by atomic mass is 10.3. The van der Waals surface area contributed by atoms with Crippen molar-refractivity contribution in [3.05, 3.63) is 21.4 Å². The van der Waals surface area contributed by atoms with E-state index in [9.17, 15) is 0 Å². The first kappa shape index (κ1) is 9.31. The molecule has 0 bridgehead atoms. The van der Waals surface area contributed by atoms with Crippen LogP contribution in [0.2, 0.25) is 0 Å². The fourth-order valence-corrected chi connectivity index (χ4v) is 1.18. The number of allylic oxidation sites excluding steroid dienone is 1. The highest BCUT2D eigenvalue weighted by atomic mass is 79.9. The van der Waals surface area contributed by atoms with Gasteiger partial charge in [-0.25, -0.2) is 0 Å². The summed E-state index contributed by atoms with van der Waals surface area (Å²) in [6.45, 7) is 4.29. The smallest absolute Gasteiger partial charge is 0.0122 e. The van der Waals surface area contributed by atoms with Crippen LogP contribution in [0.4, 0.5) is 0 Å². The molecule has 0 unspecified atom stereocenters. The zero-order valence-electron chi connectivity index (χ0n) is 5.73. The quantitative estimate of drug-likeness (QED) is 0.676. The maximum Gasteiger partial charge on any atom is -0.0122 e. The maximum atomic E-state index is 3.19. The van der Waals surface area contributed by atoms with E-state index in [0.29, 0.717) is 0 Å². The van der Waals surface area contributed by atoms with Crippen LogP contribution in [-0.2, 0) is 0 Å². The minimum atomic E-state index is 1.14. The standard InChI is InChI=1S/C7H11BrS/c1-3-7(2)6-9-5-4-8/h4-6H,3H2,1-2H3/b5-4+,7-6+. The average molecular weight is 207 g/mol. The van der Waals surface area contributed by atoms with Crippen LogP contribution in [0.5, 0.6) is 0 Å². The summed E-state index contributed by atoms with van der Waals surface area (Å²) in [5.74, 6) is 0. The molecule has 52 valence electrons. The van der Waals surface area contributed by atoms with Crippen molar-refractivity contribution in [3.63, 3.8) is 0 Å². The van der Waals surface area contributed by atoms with Gasteiger partial charge in [0.2, 0.25) is 0 Å². The zero-order chi connectivity index (χ0) is 7.11. The van der Waals surface area contributed by atoms with Crippen LogP contribution in [0.15, 0.2) is 21.4 Å². The molecular formula is C7H11BrS. The molecule has 0 aromatic carbocycles. The predicted molar refractivity (Wildman–Crippen MR) is 49.7 cm³/mol. The molecule has 0 atom stereocenters. The molecule has 0 aliphatic heterocycles.